The summed E-state index contributed by atoms with van der Waals surface area (Å²) in [5, 5.41) is 15.9. The Hall–Kier alpha value is -2.52. The molecule has 0 bridgehead atoms. The molecule has 0 saturated carbocycles. The number of aromatic amines is 1. The van der Waals surface area contributed by atoms with Crippen LogP contribution >= 0.6 is 11.3 Å². The summed E-state index contributed by atoms with van der Waals surface area (Å²) >= 11 is 1.65. The quantitative estimate of drug-likeness (QED) is 0.714. The molecule has 1 amide bonds. The first-order valence-corrected chi connectivity index (χ1v) is 8.93. The Kier molecular flexibility index (Phi) is 4.33. The van der Waals surface area contributed by atoms with Crippen molar-refractivity contribution >= 4 is 17.2 Å². The Morgan fingerprint density at radius 2 is 2.44 bits per heavy atom. The van der Waals surface area contributed by atoms with Crippen LogP contribution in [0.5, 0.6) is 0 Å². The molecule has 3 aromatic heterocycles. The molecule has 4 rings (SSSR count). The smallest absolute Gasteiger partial charge is 0.272 e. The summed E-state index contributed by atoms with van der Waals surface area (Å²) in [7, 11) is 2.03. The van der Waals surface area contributed by atoms with Gasteiger partial charge in [-0.05, 0) is 18.5 Å². The number of thiophene rings is 1. The van der Waals surface area contributed by atoms with Gasteiger partial charge in [-0.2, -0.15) is 10.1 Å². The highest BCUT2D eigenvalue weighted by molar-refractivity contribution is 7.09. The van der Waals surface area contributed by atoms with E-state index in [0.29, 0.717) is 23.8 Å². The number of H-pyrrole nitrogens is 1. The van der Waals surface area contributed by atoms with Crippen molar-refractivity contribution < 1.29 is 9.32 Å². The van der Waals surface area contributed by atoms with Crippen LogP contribution in [0.2, 0.25) is 0 Å². The first-order chi connectivity index (χ1) is 12.2. The molecule has 0 aliphatic carbocycles. The molecule has 0 aromatic carbocycles. The summed E-state index contributed by atoms with van der Waals surface area (Å²) in [6.45, 7) is 1.87. The first kappa shape index (κ1) is 16.0. The molecule has 0 saturated heterocycles. The van der Waals surface area contributed by atoms with E-state index >= 15 is 0 Å². The largest absolute Gasteiger partial charge is 0.342 e. The van der Waals surface area contributed by atoms with E-state index in [1.807, 2.05) is 24.6 Å². The van der Waals surface area contributed by atoms with E-state index in [1.165, 1.54) is 4.88 Å². The van der Waals surface area contributed by atoms with Crippen LogP contribution in [0.3, 0.4) is 0 Å². The second-order valence-electron chi connectivity index (χ2n) is 6.06. The Bertz CT molecular complexity index is 869. The van der Waals surface area contributed by atoms with Gasteiger partial charge < -0.3 is 14.7 Å². The fourth-order valence-electron chi connectivity index (χ4n) is 2.86. The molecule has 9 heteroatoms. The van der Waals surface area contributed by atoms with Crippen molar-refractivity contribution in [1.29, 1.82) is 0 Å². The van der Waals surface area contributed by atoms with Crippen LogP contribution in [0, 0.1) is 0 Å². The maximum atomic E-state index is 12.4. The number of aromatic nitrogens is 4. The van der Waals surface area contributed by atoms with Crippen molar-refractivity contribution in [3.8, 4) is 0 Å². The van der Waals surface area contributed by atoms with E-state index in [9.17, 15) is 4.79 Å². The monoisotopic (exact) mass is 358 g/mol. The summed E-state index contributed by atoms with van der Waals surface area (Å²) in [5.41, 5.74) is 2.45. The van der Waals surface area contributed by atoms with Crippen LogP contribution in [-0.2, 0) is 25.9 Å². The average molecular weight is 358 g/mol. The molecule has 0 radical (unpaired) electrons. The van der Waals surface area contributed by atoms with Gasteiger partial charge in [0.05, 0.1) is 6.54 Å². The molecule has 0 unspecified atom stereocenters. The molecule has 0 atom stereocenters. The first-order valence-electron chi connectivity index (χ1n) is 8.06. The number of fused-ring (bicyclic) bond motifs is 1. The lowest BCUT2D eigenvalue weighted by atomic mass is 10.1. The van der Waals surface area contributed by atoms with E-state index in [1.54, 1.807) is 11.3 Å². The molecule has 3 aromatic rings. The highest BCUT2D eigenvalue weighted by atomic mass is 32.1. The molecule has 8 nitrogen and oxygen atoms in total. The van der Waals surface area contributed by atoms with Crippen molar-refractivity contribution in [2.45, 2.75) is 25.9 Å². The minimum atomic E-state index is -0.231. The number of likely N-dealkylation sites (N-methyl/N-ethyl adjacent to an activating group) is 1. The molecule has 1 aliphatic rings. The number of hydrogen-bond acceptors (Lipinski definition) is 7. The molecule has 130 valence electrons. The molecule has 0 fully saturated rings. The van der Waals surface area contributed by atoms with Crippen LogP contribution in [0.1, 0.15) is 38.3 Å². The molecule has 25 heavy (non-hydrogen) atoms. The van der Waals surface area contributed by atoms with Crippen LogP contribution < -0.4 is 5.32 Å². The van der Waals surface area contributed by atoms with Crippen molar-refractivity contribution in [2.24, 2.45) is 0 Å². The average Bonchev–Trinajstić information content (AvgIpc) is 3.33. The van der Waals surface area contributed by atoms with Gasteiger partial charge in [0.2, 0.25) is 5.89 Å². The lowest BCUT2D eigenvalue weighted by Crippen LogP contribution is -2.29. The molecular formula is C16H18N6O2S. The summed E-state index contributed by atoms with van der Waals surface area (Å²) in [6, 6.07) is 4.02. The van der Waals surface area contributed by atoms with Gasteiger partial charge in [0, 0.05) is 42.1 Å². The fourth-order valence-corrected chi connectivity index (χ4v) is 3.56. The van der Waals surface area contributed by atoms with Gasteiger partial charge in [-0.15, -0.1) is 11.3 Å². The summed E-state index contributed by atoms with van der Waals surface area (Å²) < 4.78 is 5.20. The summed E-state index contributed by atoms with van der Waals surface area (Å²) in [5.74, 6) is 0.776. The van der Waals surface area contributed by atoms with Crippen LogP contribution in [0.15, 0.2) is 22.0 Å². The van der Waals surface area contributed by atoms with E-state index in [0.717, 1.165) is 30.8 Å². The second kappa shape index (κ2) is 6.77. The van der Waals surface area contributed by atoms with Gasteiger partial charge in [-0.3, -0.25) is 9.89 Å². The lowest BCUT2D eigenvalue weighted by Gasteiger charge is -2.22. The Balaban J connectivity index is 1.38. The topological polar surface area (TPSA) is 99.9 Å². The van der Waals surface area contributed by atoms with Gasteiger partial charge in [0.15, 0.2) is 11.5 Å². The zero-order valence-electron chi connectivity index (χ0n) is 13.8. The number of nitrogens with zero attached hydrogens (tertiary/aromatic N) is 4. The summed E-state index contributed by atoms with van der Waals surface area (Å²) in [6.07, 6.45) is 1.51. The third kappa shape index (κ3) is 3.47. The van der Waals surface area contributed by atoms with Gasteiger partial charge >= 0.3 is 0 Å². The standard InChI is InChI=1S/C16H18N6O2S/c1-22-5-4-12-11(9-22)15(20-19-12)16(23)17-8-14-18-13(21-24-14)7-10-3-2-6-25-10/h2-3,6H,4-5,7-9H2,1H3,(H,17,23)(H,19,20). The van der Waals surface area contributed by atoms with Crippen molar-refractivity contribution in [1.82, 2.24) is 30.6 Å². The molecule has 0 spiro atoms. The normalized spacial score (nSPS) is 14.4. The van der Waals surface area contributed by atoms with Crippen molar-refractivity contribution in [3.63, 3.8) is 0 Å². The van der Waals surface area contributed by atoms with Gasteiger partial charge in [0.25, 0.3) is 5.91 Å². The predicted molar refractivity (Wildman–Crippen MR) is 91.2 cm³/mol. The Morgan fingerprint density at radius 1 is 1.52 bits per heavy atom. The second-order valence-corrected chi connectivity index (χ2v) is 7.09. The highest BCUT2D eigenvalue weighted by Gasteiger charge is 2.24. The number of carbonyl (C=O) groups excluding carboxylic acids is 1. The third-order valence-electron chi connectivity index (χ3n) is 4.16. The Labute approximate surface area is 148 Å². The van der Waals surface area contributed by atoms with Crippen LogP contribution in [-0.4, -0.2) is 44.7 Å². The number of hydrogen-bond donors (Lipinski definition) is 2. The van der Waals surface area contributed by atoms with Gasteiger partial charge in [-0.25, -0.2) is 0 Å². The lowest BCUT2D eigenvalue weighted by molar-refractivity contribution is 0.0939. The number of nitrogens with one attached hydrogen (secondary N) is 2. The SMILES string of the molecule is CN1CCc2[nH]nc(C(=O)NCc3nc(Cc4cccs4)no3)c2C1. The number of rotatable bonds is 5. The van der Waals surface area contributed by atoms with E-state index in [2.05, 4.69) is 30.6 Å². The highest BCUT2D eigenvalue weighted by Crippen LogP contribution is 2.19. The minimum Gasteiger partial charge on any atom is -0.342 e. The maximum absolute atomic E-state index is 12.4. The zero-order chi connectivity index (χ0) is 17.2. The fraction of sp³-hybridized carbons (Fsp3) is 0.375. The summed E-state index contributed by atoms with van der Waals surface area (Å²) in [4.78, 5) is 20.1. The number of amides is 1. The van der Waals surface area contributed by atoms with Crippen LogP contribution in [0.25, 0.3) is 0 Å². The predicted octanol–water partition coefficient (Wildman–Crippen LogP) is 1.36. The van der Waals surface area contributed by atoms with E-state index < -0.39 is 0 Å². The minimum absolute atomic E-state index is 0.188. The maximum Gasteiger partial charge on any atom is 0.272 e. The van der Waals surface area contributed by atoms with Crippen molar-refractivity contribution in [2.75, 3.05) is 13.6 Å². The Morgan fingerprint density at radius 3 is 3.28 bits per heavy atom. The number of carbonyl (C=O) groups is 1. The molecule has 1 aliphatic heterocycles. The van der Waals surface area contributed by atoms with Crippen LogP contribution in [0.4, 0.5) is 0 Å². The zero-order valence-corrected chi connectivity index (χ0v) is 14.6. The molecule has 2 N–H and O–H groups in total. The van der Waals surface area contributed by atoms with Crippen molar-refractivity contribution in [3.05, 3.63) is 51.1 Å². The van der Waals surface area contributed by atoms with E-state index in [4.69, 9.17) is 4.52 Å². The van der Waals surface area contributed by atoms with Gasteiger partial charge in [0.1, 0.15) is 0 Å². The van der Waals surface area contributed by atoms with Gasteiger partial charge in [-0.1, -0.05) is 11.2 Å². The third-order valence-corrected chi connectivity index (χ3v) is 5.04. The van der Waals surface area contributed by atoms with E-state index in [-0.39, 0.29) is 12.5 Å². The molecule has 4 heterocycles. The molecular weight excluding hydrogens is 340 g/mol.